The van der Waals surface area contributed by atoms with Gasteiger partial charge in [0.25, 0.3) is 0 Å². The van der Waals surface area contributed by atoms with Gasteiger partial charge in [0.05, 0.1) is 6.20 Å². The lowest BCUT2D eigenvalue weighted by molar-refractivity contribution is 0.227. The quantitative estimate of drug-likeness (QED) is 0.474. The summed E-state index contributed by atoms with van der Waals surface area (Å²) in [5, 5.41) is 8.84. The normalized spacial score (nSPS) is 12.3. The first-order chi connectivity index (χ1) is 14.1. The zero-order chi connectivity index (χ0) is 20.2. The summed E-state index contributed by atoms with van der Waals surface area (Å²) in [6.45, 7) is 6.84. The summed E-state index contributed by atoms with van der Waals surface area (Å²) in [5.41, 5.74) is 3.09. The van der Waals surface area contributed by atoms with E-state index in [1.165, 1.54) is 0 Å². The average Bonchev–Trinajstić information content (AvgIpc) is 3.17. The van der Waals surface area contributed by atoms with Gasteiger partial charge in [-0.2, -0.15) is 5.10 Å². The monoisotopic (exact) mass is 387 g/mol. The fourth-order valence-electron chi connectivity index (χ4n) is 3.25. The first-order valence-electron chi connectivity index (χ1n) is 9.84. The number of hydrogen-bond donors (Lipinski definition) is 1. The van der Waals surface area contributed by atoms with Crippen molar-refractivity contribution in [2.45, 2.75) is 39.5 Å². The number of hydrogen-bond acceptors (Lipinski definition) is 5. The van der Waals surface area contributed by atoms with Gasteiger partial charge in [0.15, 0.2) is 17.2 Å². The van der Waals surface area contributed by atoms with Crippen molar-refractivity contribution in [3.63, 3.8) is 0 Å². The number of rotatable bonds is 7. The van der Waals surface area contributed by atoms with E-state index in [0.717, 1.165) is 27.9 Å². The van der Waals surface area contributed by atoms with Crippen molar-refractivity contribution in [1.82, 2.24) is 19.7 Å². The number of aromatic nitrogens is 4. The van der Waals surface area contributed by atoms with Crippen LogP contribution in [0.25, 0.3) is 11.0 Å². The van der Waals surface area contributed by atoms with E-state index in [9.17, 15) is 0 Å². The molecule has 1 N–H and O–H groups in total. The summed E-state index contributed by atoms with van der Waals surface area (Å²) in [6, 6.07) is 16.4. The van der Waals surface area contributed by atoms with E-state index in [1.54, 1.807) is 6.20 Å². The second-order valence-corrected chi connectivity index (χ2v) is 7.31. The van der Waals surface area contributed by atoms with Gasteiger partial charge in [-0.05, 0) is 50.1 Å². The van der Waals surface area contributed by atoms with Gasteiger partial charge in [0.2, 0.25) is 0 Å². The van der Waals surface area contributed by atoms with Crippen molar-refractivity contribution in [2.24, 2.45) is 0 Å². The Morgan fingerprint density at radius 2 is 1.83 bits per heavy atom. The van der Waals surface area contributed by atoms with Crippen LogP contribution in [0.1, 0.15) is 44.0 Å². The van der Waals surface area contributed by atoms with Crippen LogP contribution in [-0.4, -0.2) is 19.7 Å². The Labute approximate surface area is 170 Å². The van der Waals surface area contributed by atoms with E-state index in [4.69, 9.17) is 4.74 Å². The summed E-state index contributed by atoms with van der Waals surface area (Å²) >= 11 is 0. The van der Waals surface area contributed by atoms with Crippen molar-refractivity contribution < 1.29 is 4.74 Å². The predicted octanol–water partition coefficient (Wildman–Crippen LogP) is 5.16. The molecule has 1 aromatic carbocycles. The lowest BCUT2D eigenvalue weighted by Crippen LogP contribution is -2.08. The average molecular weight is 387 g/mol. The molecule has 6 heteroatoms. The maximum Gasteiger partial charge on any atom is 0.169 e. The highest BCUT2D eigenvalue weighted by molar-refractivity contribution is 5.75. The van der Waals surface area contributed by atoms with Gasteiger partial charge in [-0.1, -0.05) is 30.3 Å². The lowest BCUT2D eigenvalue weighted by Gasteiger charge is -2.17. The van der Waals surface area contributed by atoms with Gasteiger partial charge in [-0.15, -0.1) is 0 Å². The van der Waals surface area contributed by atoms with E-state index in [-0.39, 0.29) is 12.1 Å². The fraction of sp³-hybridized carbons (Fsp3) is 0.261. The molecule has 0 aliphatic carbocycles. The maximum absolute atomic E-state index is 6.17. The third-order valence-corrected chi connectivity index (χ3v) is 4.78. The van der Waals surface area contributed by atoms with Crippen LogP contribution in [0.2, 0.25) is 0 Å². The largest absolute Gasteiger partial charge is 0.482 e. The number of pyridine rings is 2. The van der Waals surface area contributed by atoms with Crippen molar-refractivity contribution in [2.75, 3.05) is 5.32 Å². The molecule has 0 saturated heterocycles. The molecule has 4 rings (SSSR count). The molecular weight excluding hydrogens is 362 g/mol. The molecule has 3 aromatic heterocycles. The maximum atomic E-state index is 6.17. The van der Waals surface area contributed by atoms with Crippen LogP contribution in [0.5, 0.6) is 5.75 Å². The molecule has 0 aliphatic rings. The molecule has 0 radical (unpaired) electrons. The first-order valence-corrected chi connectivity index (χ1v) is 9.84. The molecule has 0 bridgehead atoms. The highest BCUT2D eigenvalue weighted by Crippen LogP contribution is 2.27. The first kappa shape index (κ1) is 18.9. The number of ether oxygens (including phenoxy) is 1. The van der Waals surface area contributed by atoms with Crippen molar-refractivity contribution >= 4 is 16.9 Å². The van der Waals surface area contributed by atoms with Crippen LogP contribution in [0, 0.1) is 0 Å². The zero-order valence-electron chi connectivity index (χ0n) is 16.9. The summed E-state index contributed by atoms with van der Waals surface area (Å²) in [4.78, 5) is 9.05. The van der Waals surface area contributed by atoms with Crippen LogP contribution in [0.15, 0.2) is 67.1 Å². The molecule has 29 heavy (non-hydrogen) atoms. The summed E-state index contributed by atoms with van der Waals surface area (Å²) in [7, 11) is 0. The van der Waals surface area contributed by atoms with Crippen LogP contribution in [0.3, 0.4) is 0 Å². The van der Waals surface area contributed by atoms with Crippen LogP contribution >= 0.6 is 0 Å². The Morgan fingerprint density at radius 3 is 2.62 bits per heavy atom. The molecule has 0 aliphatic heterocycles. The summed E-state index contributed by atoms with van der Waals surface area (Å²) in [6.07, 6.45) is 5.44. The molecule has 1 atom stereocenters. The predicted molar refractivity (Wildman–Crippen MR) is 115 cm³/mol. The van der Waals surface area contributed by atoms with E-state index in [1.807, 2.05) is 54.3 Å². The molecule has 6 nitrogen and oxygen atoms in total. The van der Waals surface area contributed by atoms with Gasteiger partial charge >= 0.3 is 0 Å². The highest BCUT2D eigenvalue weighted by Gasteiger charge is 2.12. The van der Waals surface area contributed by atoms with E-state index in [0.29, 0.717) is 12.4 Å². The Bertz CT molecular complexity index is 1090. The second-order valence-electron chi connectivity index (χ2n) is 7.31. The van der Waals surface area contributed by atoms with E-state index in [2.05, 4.69) is 52.4 Å². The Morgan fingerprint density at radius 1 is 1.00 bits per heavy atom. The van der Waals surface area contributed by atoms with Gasteiger partial charge < -0.3 is 10.1 Å². The number of benzene rings is 1. The SMILES string of the molecule is CC(C)n1ncc2cc(CNc3ncccc3O[C@@H](C)c3ccccc3)cnc21. The Kier molecular flexibility index (Phi) is 5.42. The molecule has 0 unspecified atom stereocenters. The van der Waals surface area contributed by atoms with E-state index >= 15 is 0 Å². The van der Waals surface area contributed by atoms with Crippen LogP contribution < -0.4 is 10.1 Å². The number of anilines is 1. The smallest absolute Gasteiger partial charge is 0.169 e. The highest BCUT2D eigenvalue weighted by atomic mass is 16.5. The van der Waals surface area contributed by atoms with Gasteiger partial charge in [0, 0.05) is 30.4 Å². The molecule has 0 amide bonds. The lowest BCUT2D eigenvalue weighted by atomic mass is 10.1. The van der Waals surface area contributed by atoms with Crippen LogP contribution in [-0.2, 0) is 6.54 Å². The molecule has 0 fully saturated rings. The standard InChI is InChI=1S/C23H25N5O/c1-16(2)28-23-20(15-27-28)12-18(14-26-23)13-25-22-21(10-7-11-24-22)29-17(3)19-8-5-4-6-9-19/h4-12,14-17H,13H2,1-3H3,(H,24,25)/t17-/m0/s1. The third kappa shape index (κ3) is 4.21. The van der Waals surface area contributed by atoms with Gasteiger partial charge in [0.1, 0.15) is 6.10 Å². The molecule has 3 heterocycles. The minimum absolute atomic E-state index is 0.0687. The van der Waals surface area contributed by atoms with Crippen LogP contribution in [0.4, 0.5) is 5.82 Å². The topological polar surface area (TPSA) is 64.9 Å². The number of fused-ring (bicyclic) bond motifs is 1. The number of nitrogens with one attached hydrogen (secondary N) is 1. The zero-order valence-corrected chi connectivity index (χ0v) is 16.9. The minimum atomic E-state index is -0.0687. The Hall–Kier alpha value is -3.41. The second kappa shape index (κ2) is 8.31. The molecule has 148 valence electrons. The molecule has 0 spiro atoms. The third-order valence-electron chi connectivity index (χ3n) is 4.78. The molecule has 0 saturated carbocycles. The Balaban J connectivity index is 1.48. The van der Waals surface area contributed by atoms with Gasteiger partial charge in [-0.3, -0.25) is 0 Å². The number of nitrogens with zero attached hydrogens (tertiary/aromatic N) is 4. The van der Waals surface area contributed by atoms with E-state index < -0.39 is 0 Å². The molecular formula is C23H25N5O. The molecule has 4 aromatic rings. The van der Waals surface area contributed by atoms with Crippen molar-refractivity contribution in [1.29, 1.82) is 0 Å². The van der Waals surface area contributed by atoms with Crippen molar-refractivity contribution in [3.05, 3.63) is 78.2 Å². The fourth-order valence-corrected chi connectivity index (χ4v) is 3.25. The van der Waals surface area contributed by atoms with Gasteiger partial charge in [-0.25, -0.2) is 14.6 Å². The minimum Gasteiger partial charge on any atom is -0.482 e. The summed E-state index contributed by atoms with van der Waals surface area (Å²) < 4.78 is 8.10. The van der Waals surface area contributed by atoms with Crippen molar-refractivity contribution in [3.8, 4) is 5.75 Å². The summed E-state index contributed by atoms with van der Waals surface area (Å²) in [5.74, 6) is 1.44.